The van der Waals surface area contributed by atoms with E-state index >= 15 is 0 Å². The molecule has 1 aliphatic rings. The first kappa shape index (κ1) is 14.2. The summed E-state index contributed by atoms with van der Waals surface area (Å²) in [5.74, 6) is 0.675. The first-order chi connectivity index (χ1) is 10.3. The summed E-state index contributed by atoms with van der Waals surface area (Å²) in [6.45, 7) is 3.65. The Hall–Kier alpha value is -1.75. The Bertz CT molecular complexity index is 603. The Labute approximate surface area is 129 Å². The van der Waals surface area contributed by atoms with Gasteiger partial charge in [0.15, 0.2) is 0 Å². The van der Waals surface area contributed by atoms with Crippen LogP contribution in [0.2, 0.25) is 0 Å². The van der Waals surface area contributed by atoms with Gasteiger partial charge in [-0.05, 0) is 42.3 Å². The van der Waals surface area contributed by atoms with E-state index in [4.69, 9.17) is 0 Å². The molecule has 0 unspecified atom stereocenters. The molecule has 2 heterocycles. The molecule has 1 fully saturated rings. The molecule has 1 aromatic heterocycles. The number of benzene rings is 1. The Morgan fingerprint density at radius 1 is 1.29 bits per heavy atom. The van der Waals surface area contributed by atoms with Gasteiger partial charge in [0.2, 0.25) is 0 Å². The minimum absolute atomic E-state index is 0.105. The van der Waals surface area contributed by atoms with Gasteiger partial charge < -0.3 is 4.90 Å². The van der Waals surface area contributed by atoms with Crippen LogP contribution in [0.1, 0.15) is 46.6 Å². The predicted molar refractivity (Wildman–Crippen MR) is 83.6 cm³/mol. The third kappa shape index (κ3) is 2.97. The van der Waals surface area contributed by atoms with Crippen LogP contribution in [0.3, 0.4) is 0 Å². The Balaban J connectivity index is 1.65. The summed E-state index contributed by atoms with van der Waals surface area (Å²) < 4.78 is 3.92. The highest BCUT2D eigenvalue weighted by molar-refractivity contribution is 7.08. The third-order valence-corrected chi connectivity index (χ3v) is 4.89. The maximum absolute atomic E-state index is 12.5. The molecule has 0 bridgehead atoms. The van der Waals surface area contributed by atoms with Crippen molar-refractivity contribution < 1.29 is 4.79 Å². The lowest BCUT2D eigenvalue weighted by Gasteiger charge is -2.32. The van der Waals surface area contributed by atoms with Crippen LogP contribution in [0, 0.1) is 0 Å². The molecular formula is C16H19N3OS. The van der Waals surface area contributed by atoms with Crippen molar-refractivity contribution in [3.05, 3.63) is 46.5 Å². The summed E-state index contributed by atoms with van der Waals surface area (Å²) in [5, 5.41) is 4.03. The second-order valence-electron chi connectivity index (χ2n) is 5.38. The molecule has 2 aromatic rings. The van der Waals surface area contributed by atoms with E-state index in [2.05, 4.69) is 33.9 Å². The molecule has 1 aromatic carbocycles. The van der Waals surface area contributed by atoms with Crippen molar-refractivity contribution in [1.82, 2.24) is 14.5 Å². The minimum Gasteiger partial charge on any atom is -0.338 e. The number of aryl methyl sites for hydroxylation is 1. The van der Waals surface area contributed by atoms with Crippen molar-refractivity contribution in [3.63, 3.8) is 0 Å². The zero-order chi connectivity index (χ0) is 14.7. The molecule has 1 saturated heterocycles. The highest BCUT2D eigenvalue weighted by Crippen LogP contribution is 2.29. The number of hydrogen-bond acceptors (Lipinski definition) is 4. The molecule has 110 valence electrons. The molecule has 1 amide bonds. The van der Waals surface area contributed by atoms with Gasteiger partial charge in [0.25, 0.3) is 5.91 Å². The van der Waals surface area contributed by atoms with Gasteiger partial charge in [0.1, 0.15) is 4.88 Å². The third-order valence-electron chi connectivity index (χ3n) is 4.14. The smallest absolute Gasteiger partial charge is 0.267 e. The fourth-order valence-electron chi connectivity index (χ4n) is 2.89. The van der Waals surface area contributed by atoms with E-state index in [1.165, 1.54) is 17.1 Å². The van der Waals surface area contributed by atoms with E-state index in [1.54, 1.807) is 0 Å². The van der Waals surface area contributed by atoms with Gasteiger partial charge in [-0.3, -0.25) is 4.79 Å². The average Bonchev–Trinajstić information content (AvgIpc) is 3.04. The molecule has 3 rings (SSSR count). The number of rotatable bonds is 3. The molecule has 0 spiro atoms. The molecule has 0 radical (unpaired) electrons. The van der Waals surface area contributed by atoms with Gasteiger partial charge in [-0.25, -0.2) is 0 Å². The molecule has 4 nitrogen and oxygen atoms in total. The lowest BCUT2D eigenvalue weighted by molar-refractivity contribution is 0.0716. The fourth-order valence-corrected chi connectivity index (χ4v) is 3.61. The largest absolute Gasteiger partial charge is 0.338 e. The van der Waals surface area contributed by atoms with Crippen LogP contribution in [0.4, 0.5) is 0 Å². The number of aromatic nitrogens is 2. The van der Waals surface area contributed by atoms with Gasteiger partial charge in [-0.15, -0.1) is 5.10 Å². The van der Waals surface area contributed by atoms with E-state index in [0.717, 1.165) is 42.9 Å². The summed E-state index contributed by atoms with van der Waals surface area (Å²) in [7, 11) is 0. The average molecular weight is 301 g/mol. The quantitative estimate of drug-likeness (QED) is 0.875. The molecule has 0 atom stereocenters. The standard InChI is InChI=1S/C16H19N3OS/c1-2-14-15(21-18-17-14)16(20)19-10-8-13(9-11-19)12-6-4-3-5-7-12/h3-7,13H,2,8-11H2,1H3. The Kier molecular flexibility index (Phi) is 4.29. The van der Waals surface area contributed by atoms with Crippen molar-refractivity contribution in [1.29, 1.82) is 0 Å². The number of hydrogen-bond donors (Lipinski definition) is 0. The SMILES string of the molecule is CCc1nnsc1C(=O)N1CCC(c2ccccc2)CC1. The molecule has 21 heavy (non-hydrogen) atoms. The fraction of sp³-hybridized carbons (Fsp3) is 0.438. The van der Waals surface area contributed by atoms with Crippen LogP contribution >= 0.6 is 11.5 Å². The lowest BCUT2D eigenvalue weighted by Crippen LogP contribution is -2.37. The Morgan fingerprint density at radius 2 is 2.00 bits per heavy atom. The number of piperidine rings is 1. The second kappa shape index (κ2) is 6.35. The summed E-state index contributed by atoms with van der Waals surface area (Å²) in [5.41, 5.74) is 2.22. The summed E-state index contributed by atoms with van der Waals surface area (Å²) >= 11 is 1.22. The van der Waals surface area contributed by atoms with Crippen molar-refractivity contribution in [2.45, 2.75) is 32.1 Å². The van der Waals surface area contributed by atoms with Crippen molar-refractivity contribution in [2.24, 2.45) is 0 Å². The molecular weight excluding hydrogens is 282 g/mol. The van der Waals surface area contributed by atoms with Crippen LogP contribution < -0.4 is 0 Å². The highest BCUT2D eigenvalue weighted by atomic mass is 32.1. The zero-order valence-corrected chi connectivity index (χ0v) is 13.0. The van der Waals surface area contributed by atoms with E-state index < -0.39 is 0 Å². The molecule has 0 N–H and O–H groups in total. The molecule has 1 aliphatic heterocycles. The topological polar surface area (TPSA) is 46.1 Å². The predicted octanol–water partition coefficient (Wildman–Crippen LogP) is 3.12. The number of carbonyl (C=O) groups is 1. The normalized spacial score (nSPS) is 16.1. The van der Waals surface area contributed by atoms with Crippen molar-refractivity contribution >= 4 is 17.4 Å². The van der Waals surface area contributed by atoms with Crippen LogP contribution in [-0.4, -0.2) is 33.5 Å². The van der Waals surface area contributed by atoms with Gasteiger partial charge in [0, 0.05) is 13.1 Å². The number of carbonyl (C=O) groups excluding carboxylic acids is 1. The van der Waals surface area contributed by atoms with E-state index in [0.29, 0.717) is 5.92 Å². The first-order valence-electron chi connectivity index (χ1n) is 7.45. The lowest BCUT2D eigenvalue weighted by atomic mass is 9.89. The van der Waals surface area contributed by atoms with Crippen LogP contribution in [-0.2, 0) is 6.42 Å². The van der Waals surface area contributed by atoms with E-state index in [1.807, 2.05) is 17.9 Å². The number of likely N-dealkylation sites (tertiary alicyclic amines) is 1. The highest BCUT2D eigenvalue weighted by Gasteiger charge is 2.27. The van der Waals surface area contributed by atoms with E-state index in [9.17, 15) is 4.79 Å². The van der Waals surface area contributed by atoms with Gasteiger partial charge in [-0.2, -0.15) is 0 Å². The van der Waals surface area contributed by atoms with Gasteiger partial charge in [0.05, 0.1) is 5.69 Å². The minimum atomic E-state index is 0.105. The monoisotopic (exact) mass is 301 g/mol. The maximum atomic E-state index is 12.5. The molecule has 0 saturated carbocycles. The zero-order valence-electron chi connectivity index (χ0n) is 12.2. The second-order valence-corrected chi connectivity index (χ2v) is 6.13. The Morgan fingerprint density at radius 3 is 2.67 bits per heavy atom. The van der Waals surface area contributed by atoms with Crippen LogP contribution in [0.5, 0.6) is 0 Å². The van der Waals surface area contributed by atoms with Crippen LogP contribution in [0.15, 0.2) is 30.3 Å². The summed E-state index contributed by atoms with van der Waals surface area (Å²) in [6, 6.07) is 10.6. The first-order valence-corrected chi connectivity index (χ1v) is 8.22. The number of nitrogens with zero attached hydrogens (tertiary/aromatic N) is 3. The summed E-state index contributed by atoms with van der Waals surface area (Å²) in [6.07, 6.45) is 2.82. The molecule has 5 heteroatoms. The molecule has 0 aliphatic carbocycles. The van der Waals surface area contributed by atoms with Crippen LogP contribution in [0.25, 0.3) is 0 Å². The number of amides is 1. The van der Waals surface area contributed by atoms with Crippen molar-refractivity contribution in [3.8, 4) is 0 Å². The maximum Gasteiger partial charge on any atom is 0.267 e. The van der Waals surface area contributed by atoms with Gasteiger partial charge in [-0.1, -0.05) is 41.7 Å². The van der Waals surface area contributed by atoms with Gasteiger partial charge >= 0.3 is 0 Å². The summed E-state index contributed by atoms with van der Waals surface area (Å²) in [4.78, 5) is 15.2. The van der Waals surface area contributed by atoms with Crippen molar-refractivity contribution in [2.75, 3.05) is 13.1 Å². The van der Waals surface area contributed by atoms with E-state index in [-0.39, 0.29) is 5.91 Å².